The van der Waals surface area contributed by atoms with Gasteiger partial charge in [-0.05, 0) is 43.5 Å². The highest BCUT2D eigenvalue weighted by molar-refractivity contribution is 6.42. The maximum Gasteiger partial charge on any atom is 0.313 e. The summed E-state index contributed by atoms with van der Waals surface area (Å²) in [5.41, 5.74) is 0.413. The summed E-state index contributed by atoms with van der Waals surface area (Å²) in [6.45, 7) is 2.99. The number of nitrogens with zero attached hydrogens (tertiary/aromatic N) is 1. The molecule has 1 atom stereocenters. The number of anilines is 1. The molecule has 0 spiro atoms. The van der Waals surface area contributed by atoms with Gasteiger partial charge in [-0.1, -0.05) is 23.2 Å². The fourth-order valence-corrected chi connectivity index (χ4v) is 3.04. The molecular formula is C16H21Cl2N3O3. The molecule has 1 heterocycles. The van der Waals surface area contributed by atoms with E-state index in [1.54, 1.807) is 12.1 Å². The molecule has 1 fully saturated rings. The summed E-state index contributed by atoms with van der Waals surface area (Å²) in [7, 11) is 0. The lowest BCUT2D eigenvalue weighted by Crippen LogP contribution is -2.44. The van der Waals surface area contributed by atoms with Gasteiger partial charge in [0.2, 0.25) is 0 Å². The van der Waals surface area contributed by atoms with Crippen molar-refractivity contribution in [2.75, 3.05) is 38.1 Å². The SMILES string of the molecule is O=C(NCC1CCCN(CCO)C1)C(=O)Nc1ccc(Cl)c(Cl)c1. The van der Waals surface area contributed by atoms with Gasteiger partial charge in [0.25, 0.3) is 0 Å². The van der Waals surface area contributed by atoms with E-state index in [1.807, 2.05) is 0 Å². The van der Waals surface area contributed by atoms with Crippen molar-refractivity contribution in [3.05, 3.63) is 28.2 Å². The third-order valence-corrected chi connectivity index (χ3v) is 4.69. The first-order valence-electron chi connectivity index (χ1n) is 7.87. The molecule has 6 nitrogen and oxygen atoms in total. The van der Waals surface area contributed by atoms with E-state index in [0.29, 0.717) is 28.8 Å². The van der Waals surface area contributed by atoms with Crippen LogP contribution in [0.25, 0.3) is 0 Å². The smallest absolute Gasteiger partial charge is 0.313 e. The minimum absolute atomic E-state index is 0.130. The van der Waals surface area contributed by atoms with Crippen LogP contribution >= 0.6 is 23.2 Å². The summed E-state index contributed by atoms with van der Waals surface area (Å²) < 4.78 is 0. The maximum atomic E-state index is 11.9. The zero-order valence-corrected chi connectivity index (χ0v) is 14.7. The van der Waals surface area contributed by atoms with Crippen LogP contribution in [-0.4, -0.2) is 54.6 Å². The molecule has 0 aromatic heterocycles. The number of piperidine rings is 1. The molecule has 0 saturated carbocycles. The standard InChI is InChI=1S/C16H21Cl2N3O3/c17-13-4-3-12(8-14(13)18)20-16(24)15(23)19-9-11-2-1-5-21(10-11)6-7-22/h3-4,8,11,22H,1-2,5-7,9-10H2,(H,19,23)(H,20,24). The Morgan fingerprint density at radius 3 is 2.75 bits per heavy atom. The van der Waals surface area contributed by atoms with E-state index in [9.17, 15) is 9.59 Å². The van der Waals surface area contributed by atoms with Gasteiger partial charge in [0.1, 0.15) is 0 Å². The van der Waals surface area contributed by atoms with E-state index in [1.165, 1.54) is 6.07 Å². The number of halogens is 2. The summed E-state index contributed by atoms with van der Waals surface area (Å²) >= 11 is 11.7. The summed E-state index contributed by atoms with van der Waals surface area (Å²) in [5.74, 6) is -1.14. The number of β-amino-alcohol motifs (C(OH)–C–C–N with tert-alkyl or cyclic N) is 1. The highest BCUT2D eigenvalue weighted by atomic mass is 35.5. The molecule has 0 radical (unpaired) electrons. The van der Waals surface area contributed by atoms with Gasteiger partial charge in [-0.25, -0.2) is 0 Å². The van der Waals surface area contributed by atoms with Gasteiger partial charge in [0.15, 0.2) is 0 Å². The third kappa shape index (κ3) is 5.63. The fraction of sp³-hybridized carbons (Fsp3) is 0.500. The molecule has 3 N–H and O–H groups in total. The van der Waals surface area contributed by atoms with Crippen LogP contribution in [0.4, 0.5) is 5.69 Å². The van der Waals surface area contributed by atoms with Crippen LogP contribution in [-0.2, 0) is 9.59 Å². The fourth-order valence-electron chi connectivity index (χ4n) is 2.74. The number of nitrogens with one attached hydrogen (secondary N) is 2. The number of hydrogen-bond acceptors (Lipinski definition) is 4. The van der Waals surface area contributed by atoms with Crippen LogP contribution in [0.3, 0.4) is 0 Å². The normalized spacial score (nSPS) is 18.2. The quantitative estimate of drug-likeness (QED) is 0.686. The van der Waals surface area contributed by atoms with Crippen LogP contribution < -0.4 is 10.6 Å². The summed E-state index contributed by atoms with van der Waals surface area (Å²) in [5, 5.41) is 14.8. The number of amides is 2. The lowest BCUT2D eigenvalue weighted by atomic mass is 9.98. The predicted octanol–water partition coefficient (Wildman–Crippen LogP) is 1.75. The number of likely N-dealkylation sites (tertiary alicyclic amines) is 1. The highest BCUT2D eigenvalue weighted by Gasteiger charge is 2.21. The molecule has 24 heavy (non-hydrogen) atoms. The van der Waals surface area contributed by atoms with Gasteiger partial charge in [-0.3, -0.25) is 9.59 Å². The van der Waals surface area contributed by atoms with Crippen molar-refractivity contribution in [1.29, 1.82) is 0 Å². The van der Waals surface area contributed by atoms with Crippen LogP contribution in [0.1, 0.15) is 12.8 Å². The minimum Gasteiger partial charge on any atom is -0.395 e. The van der Waals surface area contributed by atoms with E-state index >= 15 is 0 Å². The van der Waals surface area contributed by atoms with E-state index in [-0.39, 0.29) is 12.5 Å². The Bertz CT molecular complexity index is 596. The van der Waals surface area contributed by atoms with Crippen LogP contribution in [0.5, 0.6) is 0 Å². The molecule has 1 saturated heterocycles. The highest BCUT2D eigenvalue weighted by Crippen LogP contribution is 2.24. The number of hydrogen-bond donors (Lipinski definition) is 3. The molecule has 0 aliphatic carbocycles. The zero-order valence-electron chi connectivity index (χ0n) is 13.2. The number of aliphatic hydroxyl groups is 1. The van der Waals surface area contributed by atoms with Crippen LogP contribution in [0.2, 0.25) is 10.0 Å². The van der Waals surface area contributed by atoms with Crippen LogP contribution in [0.15, 0.2) is 18.2 Å². The van der Waals surface area contributed by atoms with Crippen LogP contribution in [0, 0.1) is 5.92 Å². The van der Waals surface area contributed by atoms with Gasteiger partial charge in [0.05, 0.1) is 16.7 Å². The lowest BCUT2D eigenvalue weighted by molar-refractivity contribution is -0.136. The van der Waals surface area contributed by atoms with Crippen molar-refractivity contribution in [2.45, 2.75) is 12.8 Å². The molecular weight excluding hydrogens is 353 g/mol. The van der Waals surface area contributed by atoms with E-state index < -0.39 is 11.8 Å². The Hall–Kier alpha value is -1.34. The largest absolute Gasteiger partial charge is 0.395 e. The summed E-state index contributed by atoms with van der Waals surface area (Å²) in [6, 6.07) is 4.62. The Kier molecular flexibility index (Phi) is 7.30. The van der Waals surface area contributed by atoms with Crippen molar-refractivity contribution in [1.82, 2.24) is 10.2 Å². The zero-order chi connectivity index (χ0) is 17.5. The van der Waals surface area contributed by atoms with Crippen molar-refractivity contribution < 1.29 is 14.7 Å². The van der Waals surface area contributed by atoms with Gasteiger partial charge in [-0.2, -0.15) is 0 Å². The Morgan fingerprint density at radius 1 is 1.25 bits per heavy atom. The molecule has 2 amide bonds. The van der Waals surface area contributed by atoms with Gasteiger partial charge in [-0.15, -0.1) is 0 Å². The average molecular weight is 374 g/mol. The van der Waals surface area contributed by atoms with Gasteiger partial charge < -0.3 is 20.6 Å². The number of carbonyl (C=O) groups excluding carboxylic acids is 2. The molecule has 1 aromatic carbocycles. The van der Waals surface area contributed by atoms with Crippen molar-refractivity contribution in [3.8, 4) is 0 Å². The number of benzene rings is 1. The molecule has 1 aromatic rings. The topological polar surface area (TPSA) is 81.7 Å². The monoisotopic (exact) mass is 373 g/mol. The number of aliphatic hydroxyl groups excluding tert-OH is 1. The first-order chi connectivity index (χ1) is 11.5. The Balaban J connectivity index is 1.79. The molecule has 1 unspecified atom stereocenters. The number of rotatable bonds is 5. The Labute approximate surface area is 151 Å². The molecule has 8 heteroatoms. The summed E-state index contributed by atoms with van der Waals surface area (Å²) in [6.07, 6.45) is 2.02. The van der Waals surface area contributed by atoms with E-state index in [0.717, 1.165) is 25.9 Å². The first-order valence-corrected chi connectivity index (χ1v) is 8.62. The lowest BCUT2D eigenvalue weighted by Gasteiger charge is -2.32. The second-order valence-electron chi connectivity index (χ2n) is 5.83. The van der Waals surface area contributed by atoms with E-state index in [2.05, 4.69) is 15.5 Å². The molecule has 1 aliphatic rings. The second kappa shape index (κ2) is 9.22. The van der Waals surface area contributed by atoms with E-state index in [4.69, 9.17) is 28.3 Å². The maximum absolute atomic E-state index is 11.9. The predicted molar refractivity (Wildman–Crippen MR) is 94.4 cm³/mol. The average Bonchev–Trinajstić information content (AvgIpc) is 2.56. The van der Waals surface area contributed by atoms with Crippen molar-refractivity contribution in [2.24, 2.45) is 5.92 Å². The molecule has 132 valence electrons. The first kappa shape index (κ1) is 19.0. The van der Waals surface area contributed by atoms with Crippen molar-refractivity contribution >= 4 is 40.7 Å². The molecule has 0 bridgehead atoms. The molecule has 1 aliphatic heterocycles. The van der Waals surface area contributed by atoms with Gasteiger partial charge in [0, 0.05) is 25.3 Å². The molecule has 2 rings (SSSR count). The van der Waals surface area contributed by atoms with Gasteiger partial charge >= 0.3 is 11.8 Å². The third-order valence-electron chi connectivity index (χ3n) is 3.95. The number of carbonyl (C=O) groups is 2. The Morgan fingerprint density at radius 2 is 2.04 bits per heavy atom. The second-order valence-corrected chi connectivity index (χ2v) is 6.64. The summed E-state index contributed by atoms with van der Waals surface area (Å²) in [4.78, 5) is 26.0. The van der Waals surface area contributed by atoms with Crippen molar-refractivity contribution in [3.63, 3.8) is 0 Å². The minimum atomic E-state index is -0.739.